The molecule has 2 rings (SSSR count). The molecule has 0 saturated carbocycles. The zero-order valence-electron chi connectivity index (χ0n) is 11.9. The number of carbonyl (C=O) groups excluding carboxylic acids is 1. The van der Waals surface area contributed by atoms with E-state index >= 15 is 0 Å². The molecule has 1 aliphatic rings. The van der Waals surface area contributed by atoms with Crippen molar-refractivity contribution in [2.24, 2.45) is 11.1 Å². The highest BCUT2D eigenvalue weighted by molar-refractivity contribution is 5.83. The van der Waals surface area contributed by atoms with E-state index in [1.165, 1.54) is 0 Å². The number of benzene rings is 1. The third-order valence-electron chi connectivity index (χ3n) is 4.45. The summed E-state index contributed by atoms with van der Waals surface area (Å²) in [5.74, 6) is 0.189. The monoisotopic (exact) mass is 260 g/mol. The van der Waals surface area contributed by atoms with Crippen LogP contribution < -0.4 is 5.73 Å². The molecule has 104 valence electrons. The molecule has 0 bridgehead atoms. The Labute approximate surface area is 115 Å². The number of nitrogens with two attached hydrogens (primary N) is 1. The molecule has 1 atom stereocenters. The zero-order valence-corrected chi connectivity index (χ0v) is 11.9. The first kappa shape index (κ1) is 14.1. The van der Waals surface area contributed by atoms with Crippen LogP contribution in [0.25, 0.3) is 0 Å². The number of piperidine rings is 1. The number of rotatable bonds is 3. The maximum Gasteiger partial charge on any atom is 0.229 e. The van der Waals surface area contributed by atoms with Gasteiger partial charge in [0, 0.05) is 13.1 Å². The van der Waals surface area contributed by atoms with Crippen molar-refractivity contribution in [3.05, 3.63) is 35.9 Å². The van der Waals surface area contributed by atoms with Crippen LogP contribution >= 0.6 is 0 Å². The minimum absolute atomic E-state index is 0.0524. The Morgan fingerprint density at radius 3 is 2.42 bits per heavy atom. The van der Waals surface area contributed by atoms with E-state index in [2.05, 4.69) is 6.92 Å². The molecule has 1 aromatic carbocycles. The second-order valence-corrected chi connectivity index (χ2v) is 5.97. The van der Waals surface area contributed by atoms with Crippen LogP contribution in [0.2, 0.25) is 0 Å². The molecule has 0 aliphatic carbocycles. The molecular formula is C16H24N2O. The molecule has 0 aromatic heterocycles. The zero-order chi connectivity index (χ0) is 13.9. The van der Waals surface area contributed by atoms with Gasteiger partial charge in [0.15, 0.2) is 0 Å². The van der Waals surface area contributed by atoms with Crippen molar-refractivity contribution in [1.82, 2.24) is 4.90 Å². The van der Waals surface area contributed by atoms with Crippen LogP contribution in [0, 0.1) is 5.41 Å². The standard InChI is InChI=1S/C16H24N2O/c1-13(14-6-4-3-5-7-14)15(19)18-10-8-16(2,12-17)9-11-18/h3-7,13H,8-12,17H2,1-2H3. The van der Waals surface area contributed by atoms with Crippen LogP contribution in [0.15, 0.2) is 30.3 Å². The van der Waals surface area contributed by atoms with Gasteiger partial charge < -0.3 is 10.6 Å². The fraction of sp³-hybridized carbons (Fsp3) is 0.562. The van der Waals surface area contributed by atoms with Gasteiger partial charge in [-0.3, -0.25) is 4.79 Å². The van der Waals surface area contributed by atoms with Gasteiger partial charge in [-0.15, -0.1) is 0 Å². The highest BCUT2D eigenvalue weighted by Gasteiger charge is 2.32. The van der Waals surface area contributed by atoms with Crippen LogP contribution in [-0.4, -0.2) is 30.4 Å². The Balaban J connectivity index is 1.98. The highest BCUT2D eigenvalue weighted by atomic mass is 16.2. The average molecular weight is 260 g/mol. The molecule has 19 heavy (non-hydrogen) atoms. The van der Waals surface area contributed by atoms with E-state index in [-0.39, 0.29) is 17.2 Å². The fourth-order valence-electron chi connectivity index (χ4n) is 2.63. The molecule has 1 heterocycles. The molecule has 1 saturated heterocycles. The lowest BCUT2D eigenvalue weighted by Gasteiger charge is -2.39. The van der Waals surface area contributed by atoms with E-state index in [4.69, 9.17) is 5.73 Å². The van der Waals surface area contributed by atoms with Crippen LogP contribution in [0.5, 0.6) is 0 Å². The van der Waals surface area contributed by atoms with Crippen molar-refractivity contribution >= 4 is 5.91 Å². The van der Waals surface area contributed by atoms with Gasteiger partial charge in [0.25, 0.3) is 0 Å². The van der Waals surface area contributed by atoms with E-state index < -0.39 is 0 Å². The molecule has 0 radical (unpaired) electrons. The quantitative estimate of drug-likeness (QED) is 0.907. The van der Waals surface area contributed by atoms with Gasteiger partial charge in [-0.2, -0.15) is 0 Å². The minimum atomic E-state index is -0.0524. The van der Waals surface area contributed by atoms with E-state index in [1.54, 1.807) is 0 Å². The third-order valence-corrected chi connectivity index (χ3v) is 4.45. The van der Waals surface area contributed by atoms with Gasteiger partial charge in [-0.05, 0) is 37.3 Å². The average Bonchev–Trinajstić information content (AvgIpc) is 2.47. The molecule has 1 fully saturated rings. The molecule has 0 spiro atoms. The van der Waals surface area contributed by atoms with Gasteiger partial charge in [0.1, 0.15) is 0 Å². The Kier molecular flexibility index (Phi) is 4.25. The molecule has 1 aliphatic heterocycles. The van der Waals surface area contributed by atoms with Crippen LogP contribution in [0.3, 0.4) is 0 Å². The second kappa shape index (κ2) is 5.74. The number of likely N-dealkylation sites (tertiary alicyclic amines) is 1. The summed E-state index contributed by atoms with van der Waals surface area (Å²) in [6.07, 6.45) is 2.02. The topological polar surface area (TPSA) is 46.3 Å². The van der Waals surface area contributed by atoms with E-state index in [9.17, 15) is 4.79 Å². The van der Waals surface area contributed by atoms with Crippen molar-refractivity contribution in [1.29, 1.82) is 0 Å². The largest absolute Gasteiger partial charge is 0.342 e. The van der Waals surface area contributed by atoms with E-state index in [0.717, 1.165) is 31.5 Å². The summed E-state index contributed by atoms with van der Waals surface area (Å²) in [5.41, 5.74) is 7.12. The Bertz CT molecular complexity index is 422. The lowest BCUT2D eigenvalue weighted by atomic mass is 9.80. The van der Waals surface area contributed by atoms with Crippen LogP contribution in [-0.2, 0) is 4.79 Å². The molecule has 3 nitrogen and oxygen atoms in total. The van der Waals surface area contributed by atoms with E-state index in [1.807, 2.05) is 42.2 Å². The highest BCUT2D eigenvalue weighted by Crippen LogP contribution is 2.31. The normalized spacial score (nSPS) is 20.1. The summed E-state index contributed by atoms with van der Waals surface area (Å²) in [6.45, 7) is 6.60. The SMILES string of the molecule is CC(C(=O)N1CCC(C)(CN)CC1)c1ccccc1. The summed E-state index contributed by atoms with van der Waals surface area (Å²) >= 11 is 0. The summed E-state index contributed by atoms with van der Waals surface area (Å²) in [6, 6.07) is 10.0. The molecule has 1 aromatic rings. The minimum Gasteiger partial charge on any atom is -0.342 e. The smallest absolute Gasteiger partial charge is 0.229 e. The summed E-state index contributed by atoms with van der Waals surface area (Å²) < 4.78 is 0. The molecule has 2 N–H and O–H groups in total. The van der Waals surface area contributed by atoms with Crippen LogP contribution in [0.4, 0.5) is 0 Å². The van der Waals surface area contributed by atoms with Crippen LogP contribution in [0.1, 0.15) is 38.2 Å². The summed E-state index contributed by atoms with van der Waals surface area (Å²) in [4.78, 5) is 14.5. The van der Waals surface area contributed by atoms with Gasteiger partial charge >= 0.3 is 0 Å². The maximum absolute atomic E-state index is 12.5. The van der Waals surface area contributed by atoms with Gasteiger partial charge in [0.05, 0.1) is 5.92 Å². The molecule has 1 unspecified atom stereocenters. The lowest BCUT2D eigenvalue weighted by Crippen LogP contribution is -2.45. The first-order valence-electron chi connectivity index (χ1n) is 7.09. The Hall–Kier alpha value is -1.35. The van der Waals surface area contributed by atoms with Gasteiger partial charge in [-0.25, -0.2) is 0 Å². The molecular weight excluding hydrogens is 236 g/mol. The Morgan fingerprint density at radius 2 is 1.89 bits per heavy atom. The Morgan fingerprint density at radius 1 is 1.32 bits per heavy atom. The fourth-order valence-corrected chi connectivity index (χ4v) is 2.63. The number of amides is 1. The number of carbonyl (C=O) groups is 1. The summed E-state index contributed by atoms with van der Waals surface area (Å²) in [5, 5.41) is 0. The van der Waals surface area contributed by atoms with Crippen molar-refractivity contribution in [3.8, 4) is 0 Å². The van der Waals surface area contributed by atoms with Crippen molar-refractivity contribution < 1.29 is 4.79 Å². The molecule has 3 heteroatoms. The number of nitrogens with zero attached hydrogens (tertiary/aromatic N) is 1. The predicted molar refractivity (Wildman–Crippen MR) is 77.8 cm³/mol. The van der Waals surface area contributed by atoms with Gasteiger partial charge in [0.2, 0.25) is 5.91 Å². The number of hydrogen-bond acceptors (Lipinski definition) is 2. The van der Waals surface area contributed by atoms with Crippen molar-refractivity contribution in [2.75, 3.05) is 19.6 Å². The van der Waals surface area contributed by atoms with Gasteiger partial charge in [-0.1, -0.05) is 37.3 Å². The van der Waals surface area contributed by atoms with Crippen molar-refractivity contribution in [3.63, 3.8) is 0 Å². The predicted octanol–water partition coefficient (Wildman–Crippen LogP) is 2.38. The van der Waals surface area contributed by atoms with Crippen molar-refractivity contribution in [2.45, 2.75) is 32.6 Å². The summed E-state index contributed by atoms with van der Waals surface area (Å²) in [7, 11) is 0. The third kappa shape index (κ3) is 3.16. The van der Waals surface area contributed by atoms with E-state index in [0.29, 0.717) is 6.54 Å². The second-order valence-electron chi connectivity index (χ2n) is 5.97. The lowest BCUT2D eigenvalue weighted by molar-refractivity contribution is -0.134. The maximum atomic E-state index is 12.5. The first-order chi connectivity index (χ1) is 9.06. The number of hydrogen-bond donors (Lipinski definition) is 1. The molecule has 1 amide bonds. The first-order valence-corrected chi connectivity index (χ1v) is 7.09.